The summed E-state index contributed by atoms with van der Waals surface area (Å²) in [5, 5.41) is 15.8. The quantitative estimate of drug-likeness (QED) is 0.496. The minimum atomic E-state index is -0.560. The Hall–Kier alpha value is -3.37. The van der Waals surface area contributed by atoms with Crippen LogP contribution in [0, 0.1) is 10.1 Å². The van der Waals surface area contributed by atoms with Crippen LogP contribution in [0.2, 0.25) is 0 Å². The highest BCUT2D eigenvalue weighted by Gasteiger charge is 2.21. The van der Waals surface area contributed by atoms with Gasteiger partial charge in [-0.1, -0.05) is 6.07 Å². The third kappa shape index (κ3) is 4.29. The normalized spacial score (nSPS) is 14.5. The Morgan fingerprint density at radius 3 is 2.60 bits per heavy atom. The third-order valence-electron chi connectivity index (χ3n) is 4.91. The van der Waals surface area contributed by atoms with Crippen LogP contribution >= 0.6 is 11.3 Å². The number of aromatic nitrogens is 2. The van der Waals surface area contributed by atoms with Gasteiger partial charge in [-0.3, -0.25) is 14.9 Å². The summed E-state index contributed by atoms with van der Waals surface area (Å²) in [5.41, 5.74) is 0.616. The molecule has 154 valence electrons. The molecule has 3 aromatic heterocycles. The van der Waals surface area contributed by atoms with Crippen molar-refractivity contribution in [3.63, 3.8) is 0 Å². The molecular weight excluding hydrogens is 404 g/mol. The molecule has 1 aliphatic heterocycles. The number of thiophene rings is 1. The second-order valence-electron chi connectivity index (χ2n) is 6.95. The van der Waals surface area contributed by atoms with Gasteiger partial charge in [0.2, 0.25) is 5.82 Å². The zero-order valence-electron chi connectivity index (χ0n) is 16.3. The highest BCUT2D eigenvalue weighted by atomic mass is 32.1. The Kier molecular flexibility index (Phi) is 5.68. The minimum absolute atomic E-state index is 0.0842. The van der Waals surface area contributed by atoms with Gasteiger partial charge in [-0.2, -0.15) is 0 Å². The Morgan fingerprint density at radius 2 is 1.97 bits per heavy atom. The lowest BCUT2D eigenvalue weighted by Crippen LogP contribution is -2.44. The number of nitrogens with one attached hydrogen (secondary N) is 1. The Bertz CT molecular complexity index is 1050. The number of anilines is 2. The molecule has 1 saturated heterocycles. The summed E-state index contributed by atoms with van der Waals surface area (Å²) in [6.07, 6.45) is 1.48. The molecule has 9 nitrogen and oxygen atoms in total. The van der Waals surface area contributed by atoms with E-state index in [2.05, 4.69) is 32.1 Å². The number of piperazine rings is 1. The molecule has 1 N–H and O–H groups in total. The first-order chi connectivity index (χ1) is 14.5. The standard InChI is InChI=1S/C20H20N6O3S/c1-24-8-10-25(11-9-24)18-7-4-14(13-21-18)20(27)23-19-16(26(28)29)6-5-15(22-19)17-3-2-12-30-17/h2-7,12-13H,8-11H2,1H3,(H,22,23,27). The van der Waals surface area contributed by atoms with Crippen molar-refractivity contribution in [2.75, 3.05) is 43.4 Å². The van der Waals surface area contributed by atoms with Crippen LogP contribution in [-0.4, -0.2) is 58.9 Å². The van der Waals surface area contributed by atoms with Gasteiger partial charge < -0.3 is 15.1 Å². The lowest BCUT2D eigenvalue weighted by molar-refractivity contribution is -0.384. The molecule has 0 aliphatic carbocycles. The lowest BCUT2D eigenvalue weighted by atomic mass is 10.2. The molecule has 1 fully saturated rings. The molecule has 0 radical (unpaired) electrons. The second kappa shape index (κ2) is 8.56. The fraction of sp³-hybridized carbons (Fsp3) is 0.250. The van der Waals surface area contributed by atoms with Gasteiger partial charge in [-0.25, -0.2) is 9.97 Å². The van der Waals surface area contributed by atoms with Gasteiger partial charge in [0.15, 0.2) is 0 Å². The van der Waals surface area contributed by atoms with Crippen molar-refractivity contribution in [1.29, 1.82) is 0 Å². The summed E-state index contributed by atoms with van der Waals surface area (Å²) in [6.45, 7) is 3.67. The number of carbonyl (C=O) groups is 1. The van der Waals surface area contributed by atoms with Crippen molar-refractivity contribution in [3.8, 4) is 10.6 Å². The van der Waals surface area contributed by atoms with Crippen molar-refractivity contribution >= 4 is 34.6 Å². The predicted octanol–water partition coefficient (Wildman–Crippen LogP) is 3.12. The fourth-order valence-electron chi connectivity index (χ4n) is 3.18. The van der Waals surface area contributed by atoms with Crippen molar-refractivity contribution in [3.05, 3.63) is 63.7 Å². The van der Waals surface area contributed by atoms with E-state index in [1.165, 1.54) is 23.6 Å². The summed E-state index contributed by atoms with van der Waals surface area (Å²) >= 11 is 1.47. The average Bonchev–Trinajstić information content (AvgIpc) is 3.29. The summed E-state index contributed by atoms with van der Waals surface area (Å²) in [5.74, 6) is 0.230. The van der Waals surface area contributed by atoms with Gasteiger partial charge in [0.25, 0.3) is 5.91 Å². The molecule has 4 rings (SSSR count). The fourth-order valence-corrected chi connectivity index (χ4v) is 3.87. The van der Waals surface area contributed by atoms with E-state index in [9.17, 15) is 14.9 Å². The van der Waals surface area contributed by atoms with E-state index in [0.717, 1.165) is 36.9 Å². The molecule has 0 spiro atoms. The van der Waals surface area contributed by atoms with Crippen LogP contribution < -0.4 is 10.2 Å². The van der Waals surface area contributed by atoms with E-state index < -0.39 is 10.8 Å². The molecule has 1 aliphatic rings. The Balaban J connectivity index is 1.53. The smallest absolute Gasteiger partial charge is 0.311 e. The number of amides is 1. The second-order valence-corrected chi connectivity index (χ2v) is 7.90. The molecule has 0 atom stereocenters. The number of carbonyl (C=O) groups excluding carboxylic acids is 1. The Labute approximate surface area is 177 Å². The van der Waals surface area contributed by atoms with Crippen LogP contribution in [0.3, 0.4) is 0 Å². The van der Waals surface area contributed by atoms with Gasteiger partial charge in [0, 0.05) is 38.4 Å². The molecular formula is C20H20N6O3S. The van der Waals surface area contributed by atoms with Crippen LogP contribution in [-0.2, 0) is 0 Å². The van der Waals surface area contributed by atoms with Crippen LogP contribution in [0.25, 0.3) is 10.6 Å². The highest BCUT2D eigenvalue weighted by molar-refractivity contribution is 7.13. The molecule has 4 heterocycles. The maximum absolute atomic E-state index is 12.7. The van der Waals surface area contributed by atoms with Crippen molar-refractivity contribution < 1.29 is 9.72 Å². The third-order valence-corrected chi connectivity index (χ3v) is 5.81. The lowest BCUT2D eigenvalue weighted by Gasteiger charge is -2.33. The summed E-state index contributed by atoms with van der Waals surface area (Å²) in [6, 6.07) is 10.1. The molecule has 30 heavy (non-hydrogen) atoms. The number of rotatable bonds is 5. The number of nitrogens with zero attached hydrogens (tertiary/aromatic N) is 5. The zero-order chi connectivity index (χ0) is 21.1. The molecule has 0 unspecified atom stereocenters. The monoisotopic (exact) mass is 424 g/mol. The topological polar surface area (TPSA) is 104 Å². The molecule has 3 aromatic rings. The van der Waals surface area contributed by atoms with Gasteiger partial charge in [0.1, 0.15) is 5.82 Å². The predicted molar refractivity (Wildman–Crippen MR) is 116 cm³/mol. The van der Waals surface area contributed by atoms with E-state index in [-0.39, 0.29) is 11.5 Å². The van der Waals surface area contributed by atoms with Crippen LogP contribution in [0.1, 0.15) is 10.4 Å². The summed E-state index contributed by atoms with van der Waals surface area (Å²) < 4.78 is 0. The number of likely N-dealkylation sites (N-methyl/N-ethyl adjacent to an activating group) is 1. The minimum Gasteiger partial charge on any atom is -0.354 e. The van der Waals surface area contributed by atoms with E-state index in [0.29, 0.717) is 11.3 Å². The number of hydrogen-bond donors (Lipinski definition) is 1. The van der Waals surface area contributed by atoms with E-state index in [1.54, 1.807) is 18.2 Å². The van der Waals surface area contributed by atoms with Crippen molar-refractivity contribution in [2.24, 2.45) is 0 Å². The molecule has 1 amide bonds. The summed E-state index contributed by atoms with van der Waals surface area (Å²) in [4.78, 5) is 37.5. The maximum atomic E-state index is 12.7. The largest absolute Gasteiger partial charge is 0.354 e. The maximum Gasteiger partial charge on any atom is 0.311 e. The van der Waals surface area contributed by atoms with Crippen molar-refractivity contribution in [2.45, 2.75) is 0 Å². The zero-order valence-corrected chi connectivity index (χ0v) is 17.1. The number of nitro groups is 1. The van der Waals surface area contributed by atoms with Crippen molar-refractivity contribution in [1.82, 2.24) is 14.9 Å². The van der Waals surface area contributed by atoms with Gasteiger partial charge in [-0.05, 0) is 36.7 Å². The van der Waals surface area contributed by atoms with Gasteiger partial charge in [0.05, 0.1) is 21.1 Å². The van der Waals surface area contributed by atoms with E-state index in [1.807, 2.05) is 17.5 Å². The molecule has 0 saturated carbocycles. The Morgan fingerprint density at radius 1 is 1.17 bits per heavy atom. The van der Waals surface area contributed by atoms with Crippen LogP contribution in [0.4, 0.5) is 17.3 Å². The number of pyridine rings is 2. The highest BCUT2D eigenvalue weighted by Crippen LogP contribution is 2.29. The average molecular weight is 424 g/mol. The van der Waals surface area contributed by atoms with Crippen LogP contribution in [0.15, 0.2) is 48.0 Å². The SMILES string of the molecule is CN1CCN(c2ccc(C(=O)Nc3nc(-c4cccs4)ccc3[N+](=O)[O-])cn2)CC1. The van der Waals surface area contributed by atoms with Gasteiger partial charge >= 0.3 is 5.69 Å². The number of hydrogen-bond acceptors (Lipinski definition) is 8. The first kappa shape index (κ1) is 19.9. The van der Waals surface area contributed by atoms with E-state index >= 15 is 0 Å². The molecule has 10 heteroatoms. The molecule has 0 bridgehead atoms. The molecule has 0 aromatic carbocycles. The van der Waals surface area contributed by atoms with E-state index in [4.69, 9.17) is 0 Å². The summed E-state index contributed by atoms with van der Waals surface area (Å²) in [7, 11) is 2.08. The van der Waals surface area contributed by atoms with Gasteiger partial charge in [-0.15, -0.1) is 11.3 Å². The first-order valence-corrected chi connectivity index (χ1v) is 10.3. The van der Waals surface area contributed by atoms with Crippen LogP contribution in [0.5, 0.6) is 0 Å². The first-order valence-electron chi connectivity index (χ1n) is 9.41.